The van der Waals surface area contributed by atoms with Gasteiger partial charge in [0.15, 0.2) is 5.78 Å². The highest BCUT2D eigenvalue weighted by Crippen LogP contribution is 2.27. The highest BCUT2D eigenvalue weighted by Gasteiger charge is 2.22. The number of hydrogen-bond donors (Lipinski definition) is 0. The van der Waals surface area contributed by atoms with Crippen molar-refractivity contribution in [2.24, 2.45) is 0 Å². The van der Waals surface area contributed by atoms with Gasteiger partial charge in [0.05, 0.1) is 17.1 Å². The predicted molar refractivity (Wildman–Crippen MR) is 93.2 cm³/mol. The van der Waals surface area contributed by atoms with Crippen LogP contribution < -0.4 is 0 Å². The fourth-order valence-electron chi connectivity index (χ4n) is 2.20. The van der Waals surface area contributed by atoms with Gasteiger partial charge in [0.1, 0.15) is 5.02 Å². The van der Waals surface area contributed by atoms with Gasteiger partial charge in [0.25, 0.3) is 5.69 Å². The van der Waals surface area contributed by atoms with E-state index in [1.165, 1.54) is 24.3 Å². The van der Waals surface area contributed by atoms with Crippen LogP contribution in [0.5, 0.6) is 0 Å². The molecule has 0 unspecified atom stereocenters. The van der Waals surface area contributed by atoms with E-state index in [2.05, 4.69) is 0 Å². The summed E-state index contributed by atoms with van der Waals surface area (Å²) in [5, 5.41) is 10.9. The number of ketones is 1. The Morgan fingerprint density at radius 3 is 2.48 bits per heavy atom. The van der Waals surface area contributed by atoms with Crippen LogP contribution in [-0.4, -0.2) is 23.3 Å². The van der Waals surface area contributed by atoms with E-state index in [-0.39, 0.29) is 34.0 Å². The van der Waals surface area contributed by atoms with E-state index >= 15 is 0 Å². The molecule has 6 nitrogen and oxygen atoms in total. The number of carbonyl (C=O) groups is 2. The van der Waals surface area contributed by atoms with Crippen LogP contribution in [-0.2, 0) is 4.74 Å². The SMILES string of the molecule is CCCCOC(=O)c1ccccc1C(=O)c1ccc(Cl)c([N+](=O)[O-])c1. The summed E-state index contributed by atoms with van der Waals surface area (Å²) in [6.45, 7) is 2.24. The minimum Gasteiger partial charge on any atom is -0.462 e. The minimum atomic E-state index is -0.663. The maximum Gasteiger partial charge on any atom is 0.338 e. The summed E-state index contributed by atoms with van der Waals surface area (Å²) in [5.74, 6) is -1.11. The van der Waals surface area contributed by atoms with Gasteiger partial charge in [-0.25, -0.2) is 4.79 Å². The lowest BCUT2D eigenvalue weighted by atomic mass is 9.98. The van der Waals surface area contributed by atoms with Gasteiger partial charge in [-0.1, -0.05) is 43.1 Å². The third kappa shape index (κ3) is 4.42. The van der Waals surface area contributed by atoms with Crippen LogP contribution in [0.15, 0.2) is 42.5 Å². The molecule has 0 amide bonds. The Morgan fingerprint density at radius 1 is 1.16 bits per heavy atom. The lowest BCUT2D eigenvalue weighted by Gasteiger charge is -2.09. The number of nitro groups is 1. The van der Waals surface area contributed by atoms with Crippen LogP contribution in [0.25, 0.3) is 0 Å². The molecule has 0 saturated heterocycles. The molecule has 0 aliphatic heterocycles. The second kappa shape index (κ2) is 8.39. The zero-order valence-electron chi connectivity index (χ0n) is 13.5. The molecule has 0 bridgehead atoms. The highest BCUT2D eigenvalue weighted by atomic mass is 35.5. The number of ether oxygens (including phenoxy) is 1. The number of hydrogen-bond acceptors (Lipinski definition) is 5. The molecule has 0 atom stereocenters. The average molecular weight is 362 g/mol. The molecule has 7 heteroatoms. The van der Waals surface area contributed by atoms with Crippen molar-refractivity contribution < 1.29 is 19.2 Å². The fraction of sp³-hybridized carbons (Fsp3) is 0.222. The van der Waals surface area contributed by atoms with Crippen molar-refractivity contribution in [2.75, 3.05) is 6.61 Å². The standard InChI is InChI=1S/C18H16ClNO5/c1-2-3-10-25-18(22)14-7-5-4-6-13(14)17(21)12-8-9-15(19)16(11-12)20(23)24/h4-9,11H,2-3,10H2,1H3. The smallest absolute Gasteiger partial charge is 0.338 e. The number of rotatable bonds is 7. The van der Waals surface area contributed by atoms with Gasteiger partial charge in [-0.05, 0) is 24.6 Å². The summed E-state index contributed by atoms with van der Waals surface area (Å²) < 4.78 is 5.16. The Morgan fingerprint density at radius 2 is 1.84 bits per heavy atom. The molecule has 2 aromatic carbocycles. The lowest BCUT2D eigenvalue weighted by molar-refractivity contribution is -0.384. The van der Waals surface area contributed by atoms with E-state index in [0.29, 0.717) is 0 Å². The Kier molecular flexibility index (Phi) is 6.25. The number of carbonyl (C=O) groups excluding carboxylic acids is 2. The van der Waals surface area contributed by atoms with E-state index < -0.39 is 16.7 Å². The van der Waals surface area contributed by atoms with Crippen molar-refractivity contribution in [2.45, 2.75) is 19.8 Å². The molecular formula is C18H16ClNO5. The molecule has 0 aromatic heterocycles. The molecule has 25 heavy (non-hydrogen) atoms. The molecular weight excluding hydrogens is 346 g/mol. The number of nitrogens with zero attached hydrogens (tertiary/aromatic N) is 1. The predicted octanol–water partition coefficient (Wildman–Crippen LogP) is 4.44. The van der Waals surface area contributed by atoms with Gasteiger partial charge in [-0.2, -0.15) is 0 Å². The largest absolute Gasteiger partial charge is 0.462 e. The Balaban J connectivity index is 2.36. The molecule has 0 radical (unpaired) electrons. The monoisotopic (exact) mass is 361 g/mol. The first-order chi connectivity index (χ1) is 12.0. The number of nitro benzene ring substituents is 1. The number of esters is 1. The van der Waals surface area contributed by atoms with E-state index in [9.17, 15) is 19.7 Å². The Bertz CT molecular complexity index is 819. The van der Waals surface area contributed by atoms with Crippen LogP contribution in [0.3, 0.4) is 0 Å². The summed E-state index contributed by atoms with van der Waals surface area (Å²) in [4.78, 5) is 35.2. The zero-order valence-corrected chi connectivity index (χ0v) is 14.3. The zero-order chi connectivity index (χ0) is 18.4. The van der Waals surface area contributed by atoms with Crippen molar-refractivity contribution in [1.29, 1.82) is 0 Å². The molecule has 130 valence electrons. The average Bonchev–Trinajstić information content (AvgIpc) is 2.61. The first-order valence-corrected chi connectivity index (χ1v) is 8.08. The second-order valence-electron chi connectivity index (χ2n) is 5.29. The van der Waals surface area contributed by atoms with Gasteiger partial charge >= 0.3 is 5.97 Å². The number of unbranched alkanes of at least 4 members (excludes halogenated alkanes) is 1. The minimum absolute atomic E-state index is 0.0613. The summed E-state index contributed by atoms with van der Waals surface area (Å²) >= 11 is 5.77. The normalized spacial score (nSPS) is 10.3. The third-order valence-corrected chi connectivity index (χ3v) is 3.85. The molecule has 0 N–H and O–H groups in total. The quantitative estimate of drug-likeness (QED) is 0.239. The molecule has 0 heterocycles. The summed E-state index contributed by atoms with van der Waals surface area (Å²) in [5.41, 5.74) is -0.0396. The summed E-state index contributed by atoms with van der Waals surface area (Å²) in [6.07, 6.45) is 1.60. The molecule has 0 aliphatic rings. The van der Waals surface area contributed by atoms with Crippen LogP contribution in [0.1, 0.15) is 46.0 Å². The summed E-state index contributed by atoms with van der Waals surface area (Å²) in [6, 6.07) is 9.98. The fourth-order valence-corrected chi connectivity index (χ4v) is 2.38. The van der Waals surface area contributed by atoms with Crippen molar-refractivity contribution in [3.05, 3.63) is 74.3 Å². The van der Waals surface area contributed by atoms with E-state index in [0.717, 1.165) is 18.9 Å². The van der Waals surface area contributed by atoms with Gasteiger partial charge < -0.3 is 4.74 Å². The lowest BCUT2D eigenvalue weighted by Crippen LogP contribution is -2.13. The number of benzene rings is 2. The van der Waals surface area contributed by atoms with Crippen molar-refractivity contribution in [3.63, 3.8) is 0 Å². The van der Waals surface area contributed by atoms with E-state index in [4.69, 9.17) is 16.3 Å². The topological polar surface area (TPSA) is 86.5 Å². The first-order valence-electron chi connectivity index (χ1n) is 7.70. The third-order valence-electron chi connectivity index (χ3n) is 3.53. The van der Waals surface area contributed by atoms with Crippen LogP contribution in [0.2, 0.25) is 5.02 Å². The maximum atomic E-state index is 12.7. The number of halogens is 1. The highest BCUT2D eigenvalue weighted by molar-refractivity contribution is 6.32. The first kappa shape index (κ1) is 18.6. The molecule has 2 rings (SSSR count). The van der Waals surface area contributed by atoms with Crippen molar-refractivity contribution >= 4 is 29.0 Å². The maximum absolute atomic E-state index is 12.7. The Hall–Kier alpha value is -2.73. The van der Waals surface area contributed by atoms with Gasteiger partial charge in [0.2, 0.25) is 0 Å². The molecule has 0 fully saturated rings. The Labute approximate surface area is 149 Å². The van der Waals surface area contributed by atoms with Gasteiger partial charge in [-0.3, -0.25) is 14.9 Å². The van der Waals surface area contributed by atoms with Gasteiger partial charge in [-0.15, -0.1) is 0 Å². The molecule has 0 aliphatic carbocycles. The van der Waals surface area contributed by atoms with Gasteiger partial charge in [0, 0.05) is 17.2 Å². The second-order valence-corrected chi connectivity index (χ2v) is 5.69. The molecule has 0 spiro atoms. The van der Waals surface area contributed by atoms with Crippen LogP contribution >= 0.6 is 11.6 Å². The van der Waals surface area contributed by atoms with Crippen LogP contribution in [0.4, 0.5) is 5.69 Å². The molecule has 2 aromatic rings. The van der Waals surface area contributed by atoms with Crippen molar-refractivity contribution in [3.8, 4) is 0 Å². The summed E-state index contributed by atoms with van der Waals surface area (Å²) in [7, 11) is 0. The van der Waals surface area contributed by atoms with E-state index in [1.54, 1.807) is 12.1 Å². The van der Waals surface area contributed by atoms with Crippen LogP contribution in [0, 0.1) is 10.1 Å². The molecule has 0 saturated carbocycles. The van der Waals surface area contributed by atoms with E-state index in [1.807, 2.05) is 6.92 Å². The van der Waals surface area contributed by atoms with Crippen molar-refractivity contribution in [1.82, 2.24) is 0 Å².